The smallest absolute Gasteiger partial charge is 0.207 e. The molecule has 0 saturated heterocycles. The summed E-state index contributed by atoms with van der Waals surface area (Å²) < 4.78 is 60.0. The van der Waals surface area contributed by atoms with E-state index in [1.165, 1.54) is 6.07 Å². The minimum absolute atomic E-state index is 0.0227. The van der Waals surface area contributed by atoms with Gasteiger partial charge in [0.05, 0.1) is 10.5 Å². The molecule has 1 saturated carbocycles. The van der Waals surface area contributed by atoms with Gasteiger partial charge in [-0.05, 0) is 42.5 Å². The molecule has 0 heterocycles. The second-order valence-corrected chi connectivity index (χ2v) is 6.57. The second kappa shape index (κ2) is 3.88. The summed E-state index contributed by atoms with van der Waals surface area (Å²) >= 11 is 0. The van der Waals surface area contributed by atoms with Crippen molar-refractivity contribution < 1.29 is 21.6 Å². The highest BCUT2D eigenvalue weighted by atomic mass is 35.7. The molecule has 0 aromatic heterocycles. The Balaban J connectivity index is 2.58. The van der Waals surface area contributed by atoms with Gasteiger partial charge in [0.2, 0.25) is 0 Å². The van der Waals surface area contributed by atoms with Gasteiger partial charge >= 0.3 is 6.18 Å². The van der Waals surface area contributed by atoms with Gasteiger partial charge in [0.15, 0.2) is 0 Å². The third kappa shape index (κ3) is 2.93. The first kappa shape index (κ1) is 12.7. The van der Waals surface area contributed by atoms with Crippen molar-refractivity contribution in [1.29, 1.82) is 0 Å². The molecule has 0 bridgehead atoms. The molecule has 1 aliphatic rings. The van der Waals surface area contributed by atoms with E-state index in [1.807, 2.05) is 0 Å². The van der Waals surface area contributed by atoms with Crippen LogP contribution in [0.25, 0.3) is 0 Å². The molecule has 0 unspecified atom stereocenters. The molecule has 0 radical (unpaired) electrons. The maximum absolute atomic E-state index is 12.6. The van der Waals surface area contributed by atoms with Gasteiger partial charge in [0.25, 0.3) is 9.05 Å². The van der Waals surface area contributed by atoms with Crippen molar-refractivity contribution in [2.24, 2.45) is 0 Å². The fourth-order valence-corrected chi connectivity index (χ4v) is 2.39. The third-order valence-corrected chi connectivity index (χ3v) is 3.92. The van der Waals surface area contributed by atoms with Gasteiger partial charge in [-0.15, -0.1) is 0 Å². The van der Waals surface area contributed by atoms with E-state index in [0.29, 0.717) is 11.6 Å². The van der Waals surface area contributed by atoms with Gasteiger partial charge in [0, 0.05) is 10.7 Å². The molecule has 2 nitrogen and oxygen atoms in total. The number of hydrogen-bond donors (Lipinski definition) is 0. The first-order valence-electron chi connectivity index (χ1n) is 4.85. The molecule has 0 atom stereocenters. The molecule has 1 aromatic carbocycles. The molecule has 0 aliphatic heterocycles. The summed E-state index contributed by atoms with van der Waals surface area (Å²) in [7, 11) is 0.941. The Morgan fingerprint density at radius 1 is 1.18 bits per heavy atom. The molecule has 94 valence electrons. The predicted octanol–water partition coefficient (Wildman–Crippen LogP) is 3.51. The lowest BCUT2D eigenvalue weighted by Gasteiger charge is -2.10. The van der Waals surface area contributed by atoms with Gasteiger partial charge < -0.3 is 0 Å². The fraction of sp³-hybridized carbons (Fsp3) is 0.400. The summed E-state index contributed by atoms with van der Waals surface area (Å²) in [5, 5.41) is 0. The van der Waals surface area contributed by atoms with Crippen molar-refractivity contribution in [3.05, 3.63) is 29.3 Å². The highest BCUT2D eigenvalue weighted by Crippen LogP contribution is 2.43. The summed E-state index contributed by atoms with van der Waals surface area (Å²) in [5.74, 6) is 0.0227. The molecule has 0 N–H and O–H groups in total. The van der Waals surface area contributed by atoms with Crippen LogP contribution >= 0.6 is 10.7 Å². The van der Waals surface area contributed by atoms with Crippen LogP contribution in [-0.4, -0.2) is 8.42 Å². The predicted molar refractivity (Wildman–Crippen MR) is 56.5 cm³/mol. The van der Waals surface area contributed by atoms with E-state index in [-0.39, 0.29) is 5.92 Å². The Kier molecular flexibility index (Phi) is 2.90. The molecule has 0 amide bonds. The topological polar surface area (TPSA) is 34.1 Å². The maximum Gasteiger partial charge on any atom is 0.416 e. The zero-order valence-corrected chi connectivity index (χ0v) is 10.0. The number of rotatable bonds is 2. The van der Waals surface area contributed by atoms with Crippen molar-refractivity contribution in [1.82, 2.24) is 0 Å². The second-order valence-electron chi connectivity index (χ2n) is 4.00. The average molecular weight is 285 g/mol. The van der Waals surface area contributed by atoms with Crippen LogP contribution in [0.2, 0.25) is 0 Å². The van der Waals surface area contributed by atoms with E-state index < -0.39 is 25.7 Å². The van der Waals surface area contributed by atoms with E-state index in [0.717, 1.165) is 18.9 Å². The molecular weight excluding hydrogens is 277 g/mol. The zero-order chi connectivity index (χ0) is 12.8. The van der Waals surface area contributed by atoms with Crippen molar-refractivity contribution in [2.75, 3.05) is 0 Å². The highest BCUT2D eigenvalue weighted by molar-refractivity contribution is 8.13. The molecular formula is C10H8ClF3O2S. The first-order chi connectivity index (χ1) is 7.68. The molecule has 1 fully saturated rings. The number of benzene rings is 1. The summed E-state index contributed by atoms with van der Waals surface area (Å²) in [6, 6.07) is 2.77. The van der Waals surface area contributed by atoms with Crippen LogP contribution in [0.4, 0.5) is 13.2 Å². The Bertz CT molecular complexity index is 547. The number of hydrogen-bond acceptors (Lipinski definition) is 2. The minimum atomic E-state index is -4.57. The van der Waals surface area contributed by atoms with Crippen LogP contribution in [0, 0.1) is 0 Å². The Morgan fingerprint density at radius 3 is 2.18 bits per heavy atom. The SMILES string of the molecule is O=S(=O)(Cl)c1cc(C2CC2)cc(C(F)(F)F)c1. The van der Waals surface area contributed by atoms with Gasteiger partial charge in [0.1, 0.15) is 0 Å². The molecule has 1 aliphatic carbocycles. The van der Waals surface area contributed by atoms with Crippen LogP contribution in [0.3, 0.4) is 0 Å². The van der Waals surface area contributed by atoms with Crippen molar-refractivity contribution >= 4 is 19.7 Å². The van der Waals surface area contributed by atoms with Crippen LogP contribution in [0.15, 0.2) is 23.1 Å². The van der Waals surface area contributed by atoms with Crippen LogP contribution < -0.4 is 0 Å². The quantitative estimate of drug-likeness (QED) is 0.779. The normalized spacial score (nSPS) is 17.2. The standard InChI is InChI=1S/C10H8ClF3O2S/c11-17(15,16)9-4-7(6-1-2-6)3-8(5-9)10(12,13)14/h3-6H,1-2H2. The molecule has 17 heavy (non-hydrogen) atoms. The van der Waals surface area contributed by atoms with Crippen LogP contribution in [-0.2, 0) is 15.2 Å². The monoisotopic (exact) mass is 284 g/mol. The van der Waals surface area contributed by atoms with E-state index in [2.05, 4.69) is 0 Å². The minimum Gasteiger partial charge on any atom is -0.207 e. The summed E-state index contributed by atoms with van der Waals surface area (Å²) in [6.07, 6.45) is -3.01. The Labute approximate surface area is 101 Å². The Morgan fingerprint density at radius 2 is 1.76 bits per heavy atom. The third-order valence-electron chi connectivity index (χ3n) is 2.59. The molecule has 1 aromatic rings. The van der Waals surface area contributed by atoms with Crippen molar-refractivity contribution in [2.45, 2.75) is 29.8 Å². The largest absolute Gasteiger partial charge is 0.416 e. The van der Waals surface area contributed by atoms with Gasteiger partial charge in [-0.1, -0.05) is 0 Å². The van der Waals surface area contributed by atoms with E-state index in [1.54, 1.807) is 0 Å². The van der Waals surface area contributed by atoms with Crippen LogP contribution in [0.5, 0.6) is 0 Å². The summed E-state index contributed by atoms with van der Waals surface area (Å²) in [6.45, 7) is 0. The molecule has 7 heteroatoms. The highest BCUT2D eigenvalue weighted by Gasteiger charge is 2.34. The summed E-state index contributed by atoms with van der Waals surface area (Å²) in [5.41, 5.74) is -0.583. The average Bonchev–Trinajstić information content (AvgIpc) is 2.97. The first-order valence-corrected chi connectivity index (χ1v) is 7.16. The van der Waals surface area contributed by atoms with Crippen LogP contribution in [0.1, 0.15) is 29.9 Å². The lowest BCUT2D eigenvalue weighted by atomic mass is 10.1. The molecule has 0 spiro atoms. The van der Waals surface area contributed by atoms with Crippen molar-refractivity contribution in [3.8, 4) is 0 Å². The zero-order valence-electron chi connectivity index (χ0n) is 8.46. The lowest BCUT2D eigenvalue weighted by Crippen LogP contribution is -2.07. The lowest BCUT2D eigenvalue weighted by molar-refractivity contribution is -0.137. The number of halogens is 4. The van der Waals surface area contributed by atoms with Crippen molar-refractivity contribution in [3.63, 3.8) is 0 Å². The van der Waals surface area contributed by atoms with Gasteiger partial charge in [-0.3, -0.25) is 0 Å². The van der Waals surface area contributed by atoms with E-state index in [4.69, 9.17) is 10.7 Å². The number of alkyl halides is 3. The van der Waals surface area contributed by atoms with Gasteiger partial charge in [-0.25, -0.2) is 8.42 Å². The fourth-order valence-electron chi connectivity index (χ4n) is 1.58. The van der Waals surface area contributed by atoms with E-state index >= 15 is 0 Å². The van der Waals surface area contributed by atoms with Gasteiger partial charge in [-0.2, -0.15) is 13.2 Å². The maximum atomic E-state index is 12.6. The summed E-state index contributed by atoms with van der Waals surface area (Å²) in [4.78, 5) is -0.490. The Hall–Kier alpha value is -0.750. The van der Waals surface area contributed by atoms with E-state index in [9.17, 15) is 21.6 Å². The molecule has 2 rings (SSSR count).